The number of rotatable bonds is 5. The monoisotopic (exact) mass is 246 g/mol. The zero-order valence-electron chi connectivity index (χ0n) is 11.1. The lowest BCUT2D eigenvalue weighted by Gasteiger charge is -2.21. The van der Waals surface area contributed by atoms with Gasteiger partial charge in [0.1, 0.15) is 0 Å². The molecule has 0 spiro atoms. The average Bonchev–Trinajstić information content (AvgIpc) is 3.14. The van der Waals surface area contributed by atoms with Crippen LogP contribution in [0.25, 0.3) is 0 Å². The van der Waals surface area contributed by atoms with E-state index in [4.69, 9.17) is 5.73 Å². The lowest BCUT2D eigenvalue weighted by molar-refractivity contribution is -0.125. The van der Waals surface area contributed by atoms with E-state index < -0.39 is 0 Å². The number of nitrogens with one attached hydrogen (secondary N) is 1. The quantitative estimate of drug-likeness (QED) is 0.837. The van der Waals surface area contributed by atoms with Crippen LogP contribution in [0.4, 0.5) is 0 Å². The number of carbonyl (C=O) groups excluding carboxylic acids is 1. The molecule has 1 aliphatic carbocycles. The van der Waals surface area contributed by atoms with E-state index >= 15 is 0 Å². The first-order valence-electron chi connectivity index (χ1n) is 6.60. The summed E-state index contributed by atoms with van der Waals surface area (Å²) in [5.74, 6) is -0.144. The van der Waals surface area contributed by atoms with Crippen molar-refractivity contribution in [2.75, 3.05) is 6.54 Å². The Morgan fingerprint density at radius 2 is 2.00 bits per heavy atom. The lowest BCUT2D eigenvalue weighted by atomic mass is 9.94. The molecule has 3 nitrogen and oxygen atoms in total. The lowest BCUT2D eigenvalue weighted by Crippen LogP contribution is -2.37. The van der Waals surface area contributed by atoms with Crippen LogP contribution in [0.2, 0.25) is 0 Å². The third kappa shape index (κ3) is 3.10. The topological polar surface area (TPSA) is 55.1 Å². The van der Waals surface area contributed by atoms with E-state index in [-0.39, 0.29) is 17.9 Å². The van der Waals surface area contributed by atoms with E-state index in [0.717, 1.165) is 12.1 Å². The number of nitrogens with two attached hydrogens (primary N) is 1. The predicted molar refractivity (Wildman–Crippen MR) is 72.9 cm³/mol. The fourth-order valence-corrected chi connectivity index (χ4v) is 1.98. The molecule has 1 aromatic rings. The fraction of sp³-hybridized carbons (Fsp3) is 0.533. The Labute approximate surface area is 109 Å². The van der Waals surface area contributed by atoms with Crippen molar-refractivity contribution < 1.29 is 4.79 Å². The molecule has 2 rings (SSSR count). The SMILES string of the molecule is CC(C(=O)NCC1(C)CC1)C(N)c1ccccc1. The molecule has 2 atom stereocenters. The van der Waals surface area contributed by atoms with Crippen molar-refractivity contribution in [2.45, 2.75) is 32.7 Å². The maximum atomic E-state index is 12.0. The molecule has 1 fully saturated rings. The molecule has 0 saturated heterocycles. The van der Waals surface area contributed by atoms with Crippen molar-refractivity contribution in [3.05, 3.63) is 35.9 Å². The van der Waals surface area contributed by atoms with Crippen LogP contribution in [0, 0.1) is 11.3 Å². The van der Waals surface area contributed by atoms with E-state index in [1.165, 1.54) is 12.8 Å². The average molecular weight is 246 g/mol. The molecule has 98 valence electrons. The number of hydrogen-bond acceptors (Lipinski definition) is 2. The molecule has 0 radical (unpaired) electrons. The fourth-order valence-electron chi connectivity index (χ4n) is 1.98. The highest BCUT2D eigenvalue weighted by molar-refractivity contribution is 5.79. The predicted octanol–water partition coefficient (Wildman–Crippen LogP) is 2.24. The smallest absolute Gasteiger partial charge is 0.224 e. The second-order valence-electron chi connectivity index (χ2n) is 5.75. The first kappa shape index (κ1) is 13.1. The van der Waals surface area contributed by atoms with Gasteiger partial charge >= 0.3 is 0 Å². The highest BCUT2D eigenvalue weighted by Gasteiger charge is 2.37. The molecule has 3 N–H and O–H groups in total. The summed E-state index contributed by atoms with van der Waals surface area (Å²) in [6.45, 7) is 4.87. The summed E-state index contributed by atoms with van der Waals surface area (Å²) < 4.78 is 0. The van der Waals surface area contributed by atoms with Crippen molar-refractivity contribution >= 4 is 5.91 Å². The summed E-state index contributed by atoms with van der Waals surface area (Å²) in [6.07, 6.45) is 2.43. The maximum absolute atomic E-state index is 12.0. The van der Waals surface area contributed by atoms with Crippen molar-refractivity contribution in [1.82, 2.24) is 5.32 Å². The normalized spacial score (nSPS) is 19.9. The summed E-state index contributed by atoms with van der Waals surface area (Å²) >= 11 is 0. The second kappa shape index (κ2) is 5.11. The van der Waals surface area contributed by atoms with Gasteiger partial charge in [-0.15, -0.1) is 0 Å². The zero-order valence-corrected chi connectivity index (χ0v) is 11.1. The number of benzene rings is 1. The van der Waals surface area contributed by atoms with Crippen LogP contribution in [0.5, 0.6) is 0 Å². The Kier molecular flexibility index (Phi) is 3.71. The van der Waals surface area contributed by atoms with Gasteiger partial charge in [0, 0.05) is 12.6 Å². The first-order chi connectivity index (χ1) is 8.52. The Balaban J connectivity index is 1.89. The van der Waals surface area contributed by atoms with Gasteiger partial charge in [-0.2, -0.15) is 0 Å². The van der Waals surface area contributed by atoms with Gasteiger partial charge in [0.25, 0.3) is 0 Å². The first-order valence-corrected chi connectivity index (χ1v) is 6.60. The molecule has 2 unspecified atom stereocenters. The van der Waals surface area contributed by atoms with Crippen molar-refractivity contribution in [1.29, 1.82) is 0 Å². The summed E-state index contributed by atoms with van der Waals surface area (Å²) in [7, 11) is 0. The molecule has 18 heavy (non-hydrogen) atoms. The molecule has 1 amide bonds. The largest absolute Gasteiger partial charge is 0.355 e. The maximum Gasteiger partial charge on any atom is 0.224 e. The van der Waals surface area contributed by atoms with E-state index in [1.54, 1.807) is 0 Å². The second-order valence-corrected chi connectivity index (χ2v) is 5.75. The molecule has 3 heteroatoms. The Hall–Kier alpha value is -1.35. The molecule has 0 bridgehead atoms. The van der Waals surface area contributed by atoms with Crippen molar-refractivity contribution in [2.24, 2.45) is 17.1 Å². The Morgan fingerprint density at radius 3 is 2.56 bits per heavy atom. The molecule has 0 heterocycles. The molecule has 1 saturated carbocycles. The Bertz CT molecular complexity index is 412. The highest BCUT2D eigenvalue weighted by atomic mass is 16.1. The minimum atomic E-state index is -0.238. The van der Waals surface area contributed by atoms with E-state index in [2.05, 4.69) is 12.2 Å². The minimum absolute atomic E-state index is 0.0551. The van der Waals surface area contributed by atoms with E-state index in [9.17, 15) is 4.79 Å². The van der Waals surface area contributed by atoms with Gasteiger partial charge in [0.2, 0.25) is 5.91 Å². The molecule has 0 aromatic heterocycles. The molecular formula is C15H22N2O. The van der Waals surface area contributed by atoms with Gasteiger partial charge in [-0.3, -0.25) is 4.79 Å². The third-order valence-electron chi connectivity index (χ3n) is 3.93. The number of carbonyl (C=O) groups is 1. The molecule has 1 aliphatic rings. The van der Waals surface area contributed by atoms with Crippen LogP contribution >= 0.6 is 0 Å². The van der Waals surface area contributed by atoms with Crippen molar-refractivity contribution in [3.63, 3.8) is 0 Å². The number of hydrogen-bond donors (Lipinski definition) is 2. The van der Waals surface area contributed by atoms with Crippen LogP contribution in [0.1, 0.15) is 38.3 Å². The standard InChI is InChI=1S/C15H22N2O/c1-11(13(16)12-6-4-3-5-7-12)14(18)17-10-15(2)8-9-15/h3-7,11,13H,8-10,16H2,1-2H3,(H,17,18). The van der Waals surface area contributed by atoms with Crippen LogP contribution in [-0.2, 0) is 4.79 Å². The van der Waals surface area contributed by atoms with E-state index in [1.807, 2.05) is 37.3 Å². The van der Waals surface area contributed by atoms with Gasteiger partial charge in [-0.1, -0.05) is 44.2 Å². The third-order valence-corrected chi connectivity index (χ3v) is 3.93. The van der Waals surface area contributed by atoms with Crippen molar-refractivity contribution in [3.8, 4) is 0 Å². The summed E-state index contributed by atoms with van der Waals surface area (Å²) in [5, 5.41) is 3.02. The highest BCUT2D eigenvalue weighted by Crippen LogP contribution is 2.44. The zero-order chi connectivity index (χ0) is 13.2. The van der Waals surface area contributed by atoms with Gasteiger partial charge in [0.15, 0.2) is 0 Å². The van der Waals surface area contributed by atoms with Gasteiger partial charge in [-0.05, 0) is 23.8 Å². The minimum Gasteiger partial charge on any atom is -0.355 e. The summed E-state index contributed by atoms with van der Waals surface area (Å²) in [6, 6.07) is 9.55. The molecular weight excluding hydrogens is 224 g/mol. The molecule has 1 aromatic carbocycles. The number of amides is 1. The van der Waals surface area contributed by atoms with Crippen LogP contribution in [0.15, 0.2) is 30.3 Å². The molecule has 0 aliphatic heterocycles. The van der Waals surface area contributed by atoms with Gasteiger partial charge < -0.3 is 11.1 Å². The summed E-state index contributed by atoms with van der Waals surface area (Å²) in [4.78, 5) is 12.0. The van der Waals surface area contributed by atoms with Crippen LogP contribution in [0.3, 0.4) is 0 Å². The summed E-state index contributed by atoms with van der Waals surface area (Å²) in [5.41, 5.74) is 7.48. The Morgan fingerprint density at radius 1 is 1.39 bits per heavy atom. The van der Waals surface area contributed by atoms with Crippen LogP contribution in [-0.4, -0.2) is 12.5 Å². The van der Waals surface area contributed by atoms with Crippen LogP contribution < -0.4 is 11.1 Å². The van der Waals surface area contributed by atoms with E-state index in [0.29, 0.717) is 5.41 Å². The van der Waals surface area contributed by atoms with Gasteiger partial charge in [-0.25, -0.2) is 0 Å². The van der Waals surface area contributed by atoms with Gasteiger partial charge in [0.05, 0.1) is 5.92 Å².